The molecule has 0 unspecified atom stereocenters. The summed E-state index contributed by atoms with van der Waals surface area (Å²) in [4.78, 5) is 2.17. The highest BCUT2D eigenvalue weighted by Gasteiger charge is 2.22. The molecule has 2 aliphatic rings. The Balaban J connectivity index is 0.000000980. The lowest BCUT2D eigenvalue weighted by Crippen LogP contribution is -2.40. The molecule has 1 N–H and O–H groups in total. The van der Waals surface area contributed by atoms with Crippen LogP contribution in [0.4, 0.5) is 0 Å². The van der Waals surface area contributed by atoms with E-state index < -0.39 is 0 Å². The third-order valence-electron chi connectivity index (χ3n) is 2.66. The van der Waals surface area contributed by atoms with Crippen molar-refractivity contribution in [2.75, 3.05) is 26.9 Å². The van der Waals surface area contributed by atoms with Crippen molar-refractivity contribution < 1.29 is 9.47 Å². The second-order valence-electron chi connectivity index (χ2n) is 3.48. The molecule has 0 aliphatic carbocycles. The summed E-state index contributed by atoms with van der Waals surface area (Å²) in [6.07, 6.45) is 4.05. The van der Waals surface area contributed by atoms with Gasteiger partial charge in [-0.05, 0) is 25.9 Å². The molecule has 2 rings (SSSR count). The fourth-order valence-corrected chi connectivity index (χ4v) is 1.79. The quantitative estimate of drug-likeness (QED) is 0.750. The van der Waals surface area contributed by atoms with Crippen molar-refractivity contribution in [2.24, 2.45) is 0 Å². The molecule has 0 atom stereocenters. The molecule has 0 saturated carbocycles. The molecule has 82 valence electrons. The van der Waals surface area contributed by atoms with Crippen molar-refractivity contribution in [3.05, 3.63) is 12.1 Å². The van der Waals surface area contributed by atoms with Gasteiger partial charge in [-0.1, -0.05) is 0 Å². The molecule has 1 fully saturated rings. The van der Waals surface area contributed by atoms with Crippen molar-refractivity contribution in [2.45, 2.75) is 18.9 Å². The molecule has 0 amide bonds. The van der Waals surface area contributed by atoms with Gasteiger partial charge in [0.2, 0.25) is 12.7 Å². The van der Waals surface area contributed by atoms with Crippen molar-refractivity contribution in [3.63, 3.8) is 0 Å². The molecule has 0 aromatic heterocycles. The largest absolute Gasteiger partial charge is 0.459 e. The van der Waals surface area contributed by atoms with Gasteiger partial charge in [0, 0.05) is 13.1 Å². The molecule has 4 nitrogen and oxygen atoms in total. The number of rotatable bonds is 2. The summed E-state index contributed by atoms with van der Waals surface area (Å²) < 4.78 is 10.3. The number of hydrogen-bond acceptors (Lipinski definition) is 4. The summed E-state index contributed by atoms with van der Waals surface area (Å²) in [7, 11) is 2.07. The van der Waals surface area contributed by atoms with Gasteiger partial charge >= 0.3 is 0 Å². The molecular weight excluding hydrogens is 204 g/mol. The van der Waals surface area contributed by atoms with Gasteiger partial charge < -0.3 is 19.7 Å². The summed E-state index contributed by atoms with van der Waals surface area (Å²) >= 11 is 0. The smallest absolute Gasteiger partial charge is 0.232 e. The van der Waals surface area contributed by atoms with E-state index in [0.29, 0.717) is 12.8 Å². The topological polar surface area (TPSA) is 33.7 Å². The van der Waals surface area contributed by atoms with Crippen LogP contribution in [0.3, 0.4) is 0 Å². The zero-order valence-corrected chi connectivity index (χ0v) is 9.18. The van der Waals surface area contributed by atoms with Crippen molar-refractivity contribution in [3.8, 4) is 0 Å². The second kappa shape index (κ2) is 5.32. The average Bonchev–Trinajstić information content (AvgIpc) is 2.71. The first-order chi connectivity index (χ1) is 6.38. The van der Waals surface area contributed by atoms with Crippen molar-refractivity contribution in [1.82, 2.24) is 10.2 Å². The van der Waals surface area contributed by atoms with Crippen LogP contribution in [0.15, 0.2) is 12.1 Å². The van der Waals surface area contributed by atoms with Gasteiger partial charge in [0.1, 0.15) is 6.26 Å². The van der Waals surface area contributed by atoms with Gasteiger partial charge in [-0.15, -0.1) is 12.4 Å². The Hall–Kier alpha value is -0.610. The van der Waals surface area contributed by atoms with Gasteiger partial charge in [0.05, 0.1) is 0 Å². The van der Waals surface area contributed by atoms with E-state index >= 15 is 0 Å². The number of halogens is 1. The summed E-state index contributed by atoms with van der Waals surface area (Å²) in [6.45, 7) is 2.57. The fraction of sp³-hybridized carbons (Fsp3) is 0.778. The maximum atomic E-state index is 5.31. The lowest BCUT2D eigenvalue weighted by molar-refractivity contribution is 0.0415. The second-order valence-corrected chi connectivity index (χ2v) is 3.48. The molecule has 5 heteroatoms. The number of nitrogens with one attached hydrogen (secondary N) is 1. The summed E-state index contributed by atoms with van der Waals surface area (Å²) in [5.41, 5.74) is 0. The minimum Gasteiger partial charge on any atom is -0.459 e. The van der Waals surface area contributed by atoms with Crippen LogP contribution in [0.1, 0.15) is 12.8 Å². The SMILES string of the molecule is CN(C1=COCO1)C1CCNCC1.Cl. The van der Waals surface area contributed by atoms with Crippen LogP contribution < -0.4 is 5.32 Å². The third-order valence-corrected chi connectivity index (χ3v) is 2.66. The van der Waals surface area contributed by atoms with Crippen LogP contribution in [0.2, 0.25) is 0 Å². The molecule has 0 bridgehead atoms. The van der Waals surface area contributed by atoms with E-state index in [2.05, 4.69) is 17.3 Å². The Morgan fingerprint density at radius 2 is 2.14 bits per heavy atom. The minimum atomic E-state index is 0. The number of ether oxygens (including phenoxy) is 2. The maximum absolute atomic E-state index is 5.31. The van der Waals surface area contributed by atoms with Gasteiger partial charge in [0.25, 0.3) is 0 Å². The standard InChI is InChI=1S/C9H16N2O2.ClH/c1-11(9-6-12-7-13-9)8-2-4-10-5-3-8;/h6,8,10H,2-5,7H2,1H3;1H. The lowest BCUT2D eigenvalue weighted by atomic mass is 10.1. The number of piperidine rings is 1. The summed E-state index contributed by atoms with van der Waals surface area (Å²) in [6, 6.07) is 0.592. The molecule has 2 heterocycles. The van der Waals surface area contributed by atoms with Crippen LogP contribution in [0.25, 0.3) is 0 Å². The maximum Gasteiger partial charge on any atom is 0.232 e. The zero-order chi connectivity index (χ0) is 9.10. The van der Waals surface area contributed by atoms with Crippen molar-refractivity contribution >= 4 is 12.4 Å². The Kier molecular flexibility index (Phi) is 4.35. The number of nitrogens with zero attached hydrogens (tertiary/aromatic N) is 1. The molecule has 0 aromatic rings. The van der Waals surface area contributed by atoms with E-state index in [0.717, 1.165) is 19.0 Å². The zero-order valence-electron chi connectivity index (χ0n) is 8.36. The predicted molar refractivity (Wildman–Crippen MR) is 56.0 cm³/mol. The first-order valence-corrected chi connectivity index (χ1v) is 4.76. The molecule has 14 heavy (non-hydrogen) atoms. The monoisotopic (exact) mass is 220 g/mol. The highest BCUT2D eigenvalue weighted by Crippen LogP contribution is 2.18. The van der Waals surface area contributed by atoms with E-state index in [4.69, 9.17) is 9.47 Å². The molecule has 0 aromatic carbocycles. The predicted octanol–water partition coefficient (Wildman–Crippen LogP) is 0.895. The van der Waals surface area contributed by atoms with Crippen LogP contribution in [0.5, 0.6) is 0 Å². The average molecular weight is 221 g/mol. The van der Waals surface area contributed by atoms with Gasteiger partial charge in [-0.3, -0.25) is 0 Å². The molecule has 1 saturated heterocycles. The fourth-order valence-electron chi connectivity index (χ4n) is 1.79. The summed E-state index contributed by atoms with van der Waals surface area (Å²) in [5, 5.41) is 3.34. The van der Waals surface area contributed by atoms with Crippen molar-refractivity contribution in [1.29, 1.82) is 0 Å². The normalized spacial score (nSPS) is 21.6. The third kappa shape index (κ3) is 2.45. The van der Waals surface area contributed by atoms with Crippen LogP contribution in [-0.4, -0.2) is 37.9 Å². The molecule has 0 radical (unpaired) electrons. The Bertz CT molecular complexity index is 205. The minimum absolute atomic E-state index is 0. The van der Waals surface area contributed by atoms with Crippen LogP contribution in [0, 0.1) is 0 Å². The molecule has 0 spiro atoms. The van der Waals surface area contributed by atoms with Crippen LogP contribution in [-0.2, 0) is 9.47 Å². The lowest BCUT2D eigenvalue weighted by Gasteiger charge is -2.32. The van der Waals surface area contributed by atoms with E-state index in [1.807, 2.05) is 0 Å². The van der Waals surface area contributed by atoms with Gasteiger partial charge in [-0.2, -0.15) is 0 Å². The first kappa shape index (κ1) is 11.5. The summed E-state index contributed by atoms with van der Waals surface area (Å²) in [5.74, 6) is 0.868. The highest BCUT2D eigenvalue weighted by molar-refractivity contribution is 5.85. The van der Waals surface area contributed by atoms with Gasteiger partial charge in [0.15, 0.2) is 0 Å². The Morgan fingerprint density at radius 3 is 2.71 bits per heavy atom. The molecular formula is C9H17ClN2O2. The van der Waals surface area contributed by atoms with E-state index in [1.54, 1.807) is 6.26 Å². The van der Waals surface area contributed by atoms with Crippen LogP contribution >= 0.6 is 12.4 Å². The van der Waals surface area contributed by atoms with E-state index in [9.17, 15) is 0 Å². The van der Waals surface area contributed by atoms with Gasteiger partial charge in [-0.25, -0.2) is 0 Å². The van der Waals surface area contributed by atoms with E-state index in [-0.39, 0.29) is 12.4 Å². The molecule has 2 aliphatic heterocycles. The number of hydrogen-bond donors (Lipinski definition) is 1. The highest BCUT2D eigenvalue weighted by atomic mass is 35.5. The Labute approximate surface area is 90.6 Å². The first-order valence-electron chi connectivity index (χ1n) is 4.76. The Morgan fingerprint density at radius 1 is 1.43 bits per heavy atom. The van der Waals surface area contributed by atoms with E-state index in [1.165, 1.54) is 12.8 Å².